The van der Waals surface area contributed by atoms with E-state index in [0.717, 1.165) is 22.3 Å². The summed E-state index contributed by atoms with van der Waals surface area (Å²) in [6, 6.07) is 11.2. The lowest BCUT2D eigenvalue weighted by atomic mass is 10.1. The molecule has 144 valence electrons. The highest BCUT2D eigenvalue weighted by Crippen LogP contribution is 2.31. The lowest BCUT2D eigenvalue weighted by molar-refractivity contribution is -0.383. The Morgan fingerprint density at radius 3 is 1.88 bits per heavy atom. The number of halogens is 3. The standard InChI is InChI=1S/C14H16NO2S.CHF3O3S/c1-3-18(4-2)14-10-9-13(15(16)17)11-7-5-6-8-12(11)14;2-1(3,4)8(5,6)7/h5-10H,3-4H2,1-2H3;(H,5,6,7)/q+1;/p-1. The number of hydrogen-bond acceptors (Lipinski definition) is 5. The zero-order valence-corrected chi connectivity index (χ0v) is 15.5. The molecule has 2 aromatic carbocycles. The minimum Gasteiger partial charge on any atom is -0.741 e. The van der Waals surface area contributed by atoms with E-state index < -0.39 is 15.6 Å². The summed E-state index contributed by atoms with van der Waals surface area (Å²) >= 11 is 0. The van der Waals surface area contributed by atoms with Crippen LogP contribution in [-0.2, 0) is 21.0 Å². The van der Waals surface area contributed by atoms with Crippen LogP contribution in [0.4, 0.5) is 18.9 Å². The molecular weight excluding hydrogens is 395 g/mol. The molecule has 2 rings (SSSR count). The first-order valence-electron chi connectivity index (χ1n) is 7.29. The van der Waals surface area contributed by atoms with Gasteiger partial charge >= 0.3 is 5.51 Å². The summed E-state index contributed by atoms with van der Waals surface area (Å²) in [5.41, 5.74) is -5.45. The van der Waals surface area contributed by atoms with Gasteiger partial charge in [-0.1, -0.05) is 12.1 Å². The Labute approximate surface area is 151 Å². The van der Waals surface area contributed by atoms with Crippen LogP contribution in [0.25, 0.3) is 10.8 Å². The smallest absolute Gasteiger partial charge is 0.485 e. The topological polar surface area (TPSA) is 100 Å². The van der Waals surface area contributed by atoms with Crippen LogP contribution in [0.2, 0.25) is 0 Å². The maximum Gasteiger partial charge on any atom is 0.485 e. The molecule has 0 atom stereocenters. The van der Waals surface area contributed by atoms with Crippen molar-refractivity contribution in [2.75, 3.05) is 11.5 Å². The van der Waals surface area contributed by atoms with E-state index >= 15 is 0 Å². The van der Waals surface area contributed by atoms with E-state index in [1.54, 1.807) is 6.07 Å². The first-order chi connectivity index (χ1) is 11.9. The number of hydrogen-bond donors (Lipinski definition) is 0. The third-order valence-electron chi connectivity index (χ3n) is 3.35. The summed E-state index contributed by atoms with van der Waals surface area (Å²) in [6.45, 7) is 4.34. The summed E-state index contributed by atoms with van der Waals surface area (Å²) in [5, 5.41) is 12.8. The van der Waals surface area contributed by atoms with Crippen LogP contribution in [0.1, 0.15) is 13.8 Å². The molecule has 26 heavy (non-hydrogen) atoms. The van der Waals surface area contributed by atoms with Crippen molar-refractivity contribution < 1.29 is 31.1 Å². The SMILES string of the molecule is CC[S+](CC)c1ccc([N+](=O)[O-])c2ccccc12.O=S(=O)([O-])C(F)(F)F. The summed E-state index contributed by atoms with van der Waals surface area (Å²) in [7, 11) is -5.91. The molecule has 0 fully saturated rings. The van der Waals surface area contributed by atoms with Gasteiger partial charge < -0.3 is 4.55 Å². The maximum atomic E-state index is 11.0. The molecule has 0 heterocycles. The fourth-order valence-electron chi connectivity index (χ4n) is 2.18. The number of non-ortho nitro benzene ring substituents is 1. The fraction of sp³-hybridized carbons (Fsp3) is 0.333. The van der Waals surface area contributed by atoms with E-state index in [1.165, 1.54) is 4.90 Å². The van der Waals surface area contributed by atoms with E-state index in [9.17, 15) is 23.3 Å². The number of fused-ring (bicyclic) bond motifs is 1. The lowest BCUT2D eigenvalue weighted by Gasteiger charge is -2.08. The van der Waals surface area contributed by atoms with Crippen molar-refractivity contribution in [2.45, 2.75) is 24.3 Å². The molecular formula is C15H16F3NO5S2. The van der Waals surface area contributed by atoms with Crippen LogP contribution in [-0.4, -0.2) is 34.9 Å². The minimum absolute atomic E-state index is 0.180. The van der Waals surface area contributed by atoms with Gasteiger partial charge in [0.1, 0.15) is 11.5 Å². The number of rotatable bonds is 4. The van der Waals surface area contributed by atoms with Crippen LogP contribution >= 0.6 is 0 Å². The van der Waals surface area contributed by atoms with Gasteiger partial charge in [-0.15, -0.1) is 0 Å². The molecule has 0 aliphatic carbocycles. The van der Waals surface area contributed by atoms with E-state index in [-0.39, 0.29) is 21.5 Å². The molecule has 0 saturated carbocycles. The van der Waals surface area contributed by atoms with Gasteiger partial charge in [0.25, 0.3) is 5.69 Å². The average molecular weight is 411 g/mol. The predicted molar refractivity (Wildman–Crippen MR) is 93.1 cm³/mol. The zero-order valence-electron chi connectivity index (χ0n) is 13.8. The first-order valence-corrected chi connectivity index (χ1v) is 10.3. The monoisotopic (exact) mass is 411 g/mol. The molecule has 6 nitrogen and oxygen atoms in total. The normalized spacial score (nSPS) is 12.0. The zero-order chi connectivity index (χ0) is 20.1. The quantitative estimate of drug-likeness (QED) is 0.250. The van der Waals surface area contributed by atoms with E-state index in [0.29, 0.717) is 0 Å². The molecule has 0 radical (unpaired) electrons. The van der Waals surface area contributed by atoms with Crippen molar-refractivity contribution in [1.29, 1.82) is 0 Å². The molecule has 0 bridgehead atoms. The van der Waals surface area contributed by atoms with Crippen LogP contribution < -0.4 is 0 Å². The summed E-state index contributed by atoms with van der Waals surface area (Å²) in [5.74, 6) is 2.16. The Morgan fingerprint density at radius 2 is 1.50 bits per heavy atom. The summed E-state index contributed by atoms with van der Waals surface area (Å²) < 4.78 is 58.9. The van der Waals surface area contributed by atoms with Crippen molar-refractivity contribution in [3.05, 3.63) is 46.5 Å². The minimum atomic E-state index is -6.09. The molecule has 0 amide bonds. The van der Waals surface area contributed by atoms with Gasteiger partial charge in [0.2, 0.25) is 0 Å². The van der Waals surface area contributed by atoms with Crippen LogP contribution in [0.5, 0.6) is 0 Å². The highest BCUT2D eigenvalue weighted by Gasteiger charge is 2.36. The van der Waals surface area contributed by atoms with Gasteiger partial charge in [0.15, 0.2) is 15.0 Å². The van der Waals surface area contributed by atoms with Gasteiger partial charge in [0, 0.05) is 28.4 Å². The second kappa shape index (κ2) is 8.69. The summed E-state index contributed by atoms with van der Waals surface area (Å²) in [4.78, 5) is 12.0. The molecule has 0 spiro atoms. The molecule has 11 heteroatoms. The lowest BCUT2D eigenvalue weighted by Crippen LogP contribution is -2.21. The largest absolute Gasteiger partial charge is 0.741 e. The van der Waals surface area contributed by atoms with Crippen LogP contribution in [0.15, 0.2) is 41.3 Å². The average Bonchev–Trinajstić information content (AvgIpc) is 2.54. The number of nitrogens with zero attached hydrogens (tertiary/aromatic N) is 1. The van der Waals surface area contributed by atoms with Gasteiger partial charge in [-0.05, 0) is 26.0 Å². The number of nitro groups is 1. The first kappa shape index (κ1) is 22.2. The van der Waals surface area contributed by atoms with Crippen LogP contribution in [0.3, 0.4) is 0 Å². The Hall–Kier alpha value is -1.85. The Balaban J connectivity index is 0.000000359. The van der Waals surface area contributed by atoms with Crippen molar-refractivity contribution in [1.82, 2.24) is 0 Å². The Kier molecular flexibility index (Phi) is 7.42. The third kappa shape index (κ3) is 5.32. The van der Waals surface area contributed by atoms with E-state index in [2.05, 4.69) is 13.8 Å². The van der Waals surface area contributed by atoms with Crippen molar-refractivity contribution in [2.24, 2.45) is 0 Å². The van der Waals surface area contributed by atoms with Gasteiger partial charge in [0.05, 0.1) is 10.3 Å². The van der Waals surface area contributed by atoms with E-state index in [1.807, 2.05) is 30.3 Å². The maximum absolute atomic E-state index is 11.0. The van der Waals surface area contributed by atoms with Crippen molar-refractivity contribution >= 4 is 37.5 Å². The van der Waals surface area contributed by atoms with Gasteiger partial charge in [-0.3, -0.25) is 10.1 Å². The molecule has 0 N–H and O–H groups in total. The second-order valence-electron chi connectivity index (χ2n) is 4.86. The van der Waals surface area contributed by atoms with Crippen LogP contribution in [0, 0.1) is 10.1 Å². The van der Waals surface area contributed by atoms with Gasteiger partial charge in [-0.2, -0.15) is 13.2 Å². The summed E-state index contributed by atoms with van der Waals surface area (Å²) in [6.07, 6.45) is 0. The third-order valence-corrected chi connectivity index (χ3v) is 6.29. The second-order valence-corrected chi connectivity index (χ2v) is 8.81. The molecule has 0 aliphatic rings. The number of alkyl halides is 3. The van der Waals surface area contributed by atoms with E-state index in [4.69, 9.17) is 13.0 Å². The van der Waals surface area contributed by atoms with Crippen molar-refractivity contribution in [3.8, 4) is 0 Å². The predicted octanol–water partition coefficient (Wildman–Crippen LogP) is 3.82. The number of benzene rings is 2. The molecule has 0 saturated heterocycles. The fourth-order valence-corrected chi connectivity index (χ4v) is 3.96. The molecule has 0 aromatic heterocycles. The Bertz CT molecular complexity index is 880. The Morgan fingerprint density at radius 1 is 1.04 bits per heavy atom. The van der Waals surface area contributed by atoms with Crippen molar-refractivity contribution in [3.63, 3.8) is 0 Å². The van der Waals surface area contributed by atoms with Gasteiger partial charge in [-0.25, -0.2) is 8.42 Å². The molecule has 0 unspecified atom stereocenters. The molecule has 2 aromatic rings. The number of nitro benzene ring substituents is 1. The highest BCUT2D eigenvalue weighted by atomic mass is 32.2. The highest BCUT2D eigenvalue weighted by molar-refractivity contribution is 7.97. The molecule has 0 aliphatic heterocycles.